The normalized spacial score (nSPS) is 11.8. The standard InChI is InChI=1S/C15H17ClO4/c1-3-20-15(19)13(9-4-10(2)17)14(18)11-5-7-12(16)8-6-11/h5-8,13H,3-4,9H2,1-2H3. The van der Waals surface area contributed by atoms with Crippen LogP contribution in [0, 0.1) is 5.92 Å². The van der Waals surface area contributed by atoms with Gasteiger partial charge in [-0.15, -0.1) is 0 Å². The van der Waals surface area contributed by atoms with Crippen molar-refractivity contribution in [3.8, 4) is 0 Å². The number of halogens is 1. The van der Waals surface area contributed by atoms with E-state index in [0.29, 0.717) is 10.6 Å². The van der Waals surface area contributed by atoms with Gasteiger partial charge in [-0.05, 0) is 44.5 Å². The Morgan fingerprint density at radius 2 is 1.80 bits per heavy atom. The number of hydrogen-bond acceptors (Lipinski definition) is 4. The van der Waals surface area contributed by atoms with Crippen molar-refractivity contribution >= 4 is 29.1 Å². The summed E-state index contributed by atoms with van der Waals surface area (Å²) in [5.41, 5.74) is 0.385. The van der Waals surface area contributed by atoms with Crippen molar-refractivity contribution in [2.45, 2.75) is 26.7 Å². The lowest BCUT2D eigenvalue weighted by Gasteiger charge is -2.14. The molecule has 0 aromatic heterocycles. The van der Waals surface area contributed by atoms with Crippen LogP contribution in [0.15, 0.2) is 24.3 Å². The monoisotopic (exact) mass is 296 g/mol. The number of esters is 1. The molecule has 0 saturated carbocycles. The molecule has 0 spiro atoms. The van der Waals surface area contributed by atoms with Crippen LogP contribution in [0.25, 0.3) is 0 Å². The molecule has 0 bridgehead atoms. The van der Waals surface area contributed by atoms with Gasteiger partial charge in [-0.1, -0.05) is 11.6 Å². The fourth-order valence-electron chi connectivity index (χ4n) is 1.76. The Bertz CT molecular complexity index is 493. The molecule has 0 aliphatic rings. The minimum atomic E-state index is -0.944. The molecule has 0 amide bonds. The van der Waals surface area contributed by atoms with Crippen LogP contribution < -0.4 is 0 Å². The molecule has 20 heavy (non-hydrogen) atoms. The second-order valence-corrected chi connectivity index (χ2v) is 4.85. The summed E-state index contributed by atoms with van der Waals surface area (Å²) in [6.45, 7) is 3.30. The zero-order chi connectivity index (χ0) is 15.1. The Morgan fingerprint density at radius 1 is 1.20 bits per heavy atom. The fourth-order valence-corrected chi connectivity index (χ4v) is 1.89. The second kappa shape index (κ2) is 7.80. The van der Waals surface area contributed by atoms with Gasteiger partial charge in [-0.25, -0.2) is 0 Å². The number of carbonyl (C=O) groups excluding carboxylic acids is 3. The molecule has 0 heterocycles. The van der Waals surface area contributed by atoms with E-state index in [9.17, 15) is 14.4 Å². The molecule has 0 fully saturated rings. The summed E-state index contributed by atoms with van der Waals surface area (Å²) in [7, 11) is 0. The van der Waals surface area contributed by atoms with Crippen LogP contribution in [-0.4, -0.2) is 24.1 Å². The van der Waals surface area contributed by atoms with Crippen LogP contribution in [0.1, 0.15) is 37.0 Å². The molecule has 4 nitrogen and oxygen atoms in total. The summed E-state index contributed by atoms with van der Waals surface area (Å²) < 4.78 is 4.91. The Kier molecular flexibility index (Phi) is 6.39. The Morgan fingerprint density at radius 3 is 2.30 bits per heavy atom. The summed E-state index contributed by atoms with van der Waals surface area (Å²) in [5.74, 6) is -1.95. The zero-order valence-corrected chi connectivity index (χ0v) is 12.3. The molecule has 1 unspecified atom stereocenters. The lowest BCUT2D eigenvalue weighted by molar-refractivity contribution is -0.146. The molecule has 1 aromatic rings. The molecule has 5 heteroatoms. The first-order valence-corrected chi connectivity index (χ1v) is 6.79. The van der Waals surface area contributed by atoms with Crippen LogP contribution in [-0.2, 0) is 14.3 Å². The number of hydrogen-bond donors (Lipinski definition) is 0. The summed E-state index contributed by atoms with van der Waals surface area (Å²) in [6, 6.07) is 6.29. The zero-order valence-electron chi connectivity index (χ0n) is 11.5. The smallest absolute Gasteiger partial charge is 0.316 e. The number of ketones is 2. The van der Waals surface area contributed by atoms with Crippen molar-refractivity contribution in [2.75, 3.05) is 6.61 Å². The van der Waals surface area contributed by atoms with Gasteiger partial charge < -0.3 is 9.53 Å². The van der Waals surface area contributed by atoms with Gasteiger partial charge in [0.15, 0.2) is 5.78 Å². The van der Waals surface area contributed by atoms with Crippen molar-refractivity contribution in [1.29, 1.82) is 0 Å². The highest BCUT2D eigenvalue weighted by Crippen LogP contribution is 2.18. The van der Waals surface area contributed by atoms with Gasteiger partial charge in [-0.3, -0.25) is 9.59 Å². The Hall–Kier alpha value is -1.68. The van der Waals surface area contributed by atoms with Crippen molar-refractivity contribution in [3.63, 3.8) is 0 Å². The van der Waals surface area contributed by atoms with Crippen molar-refractivity contribution in [2.24, 2.45) is 5.92 Å². The highest BCUT2D eigenvalue weighted by atomic mass is 35.5. The summed E-state index contributed by atoms with van der Waals surface area (Å²) >= 11 is 5.76. The van der Waals surface area contributed by atoms with Crippen LogP contribution in [0.3, 0.4) is 0 Å². The quantitative estimate of drug-likeness (QED) is 0.441. The van der Waals surface area contributed by atoms with Gasteiger partial charge in [0.2, 0.25) is 0 Å². The fraction of sp³-hybridized carbons (Fsp3) is 0.400. The molecule has 1 atom stereocenters. The molecule has 1 aromatic carbocycles. The molecular formula is C15H17ClO4. The van der Waals surface area contributed by atoms with Gasteiger partial charge >= 0.3 is 5.97 Å². The van der Waals surface area contributed by atoms with Crippen LogP contribution in [0.4, 0.5) is 0 Å². The van der Waals surface area contributed by atoms with E-state index in [0.717, 1.165) is 0 Å². The number of benzene rings is 1. The first-order chi connectivity index (χ1) is 9.45. The molecule has 0 saturated heterocycles. The maximum atomic E-state index is 12.3. The number of carbonyl (C=O) groups is 3. The highest BCUT2D eigenvalue weighted by molar-refractivity contribution is 6.30. The van der Waals surface area contributed by atoms with Crippen molar-refractivity contribution < 1.29 is 19.1 Å². The lowest BCUT2D eigenvalue weighted by atomic mass is 9.92. The van der Waals surface area contributed by atoms with Crippen LogP contribution in [0.2, 0.25) is 5.02 Å². The molecule has 0 radical (unpaired) electrons. The van der Waals surface area contributed by atoms with Gasteiger partial charge in [0.05, 0.1) is 6.61 Å². The molecule has 0 aliphatic carbocycles. The van der Waals surface area contributed by atoms with Gasteiger partial charge in [0, 0.05) is 17.0 Å². The predicted molar refractivity (Wildman–Crippen MR) is 75.8 cm³/mol. The van der Waals surface area contributed by atoms with E-state index in [1.807, 2.05) is 0 Å². The maximum absolute atomic E-state index is 12.3. The largest absolute Gasteiger partial charge is 0.465 e. The first-order valence-electron chi connectivity index (χ1n) is 6.41. The third kappa shape index (κ3) is 4.78. The Labute approximate surface area is 123 Å². The lowest BCUT2D eigenvalue weighted by Crippen LogP contribution is -2.27. The third-order valence-corrected chi connectivity index (χ3v) is 3.05. The van der Waals surface area contributed by atoms with E-state index in [1.165, 1.54) is 6.92 Å². The molecular weight excluding hydrogens is 280 g/mol. The SMILES string of the molecule is CCOC(=O)C(CCC(C)=O)C(=O)c1ccc(Cl)cc1. The van der Waals surface area contributed by atoms with E-state index in [2.05, 4.69) is 0 Å². The van der Waals surface area contributed by atoms with E-state index < -0.39 is 11.9 Å². The number of Topliss-reactive ketones (excluding diaryl/α,β-unsaturated/α-hetero) is 2. The van der Waals surface area contributed by atoms with E-state index in [1.54, 1.807) is 31.2 Å². The van der Waals surface area contributed by atoms with Crippen molar-refractivity contribution in [1.82, 2.24) is 0 Å². The van der Waals surface area contributed by atoms with Crippen LogP contribution >= 0.6 is 11.6 Å². The summed E-state index contributed by atoms with van der Waals surface area (Å²) in [4.78, 5) is 35.2. The topological polar surface area (TPSA) is 60.4 Å². The molecule has 0 aliphatic heterocycles. The maximum Gasteiger partial charge on any atom is 0.316 e. The number of rotatable bonds is 7. The highest BCUT2D eigenvalue weighted by Gasteiger charge is 2.28. The van der Waals surface area contributed by atoms with E-state index in [4.69, 9.17) is 16.3 Å². The second-order valence-electron chi connectivity index (χ2n) is 4.42. The molecule has 1 rings (SSSR count). The minimum absolute atomic E-state index is 0.0665. The number of ether oxygens (including phenoxy) is 1. The van der Waals surface area contributed by atoms with Gasteiger partial charge in [0.25, 0.3) is 0 Å². The van der Waals surface area contributed by atoms with E-state index in [-0.39, 0.29) is 31.0 Å². The molecule has 108 valence electrons. The summed E-state index contributed by atoms with van der Waals surface area (Å²) in [6.07, 6.45) is 0.332. The van der Waals surface area contributed by atoms with Gasteiger partial charge in [-0.2, -0.15) is 0 Å². The first kappa shape index (κ1) is 16.4. The average molecular weight is 297 g/mol. The Balaban J connectivity index is 2.90. The van der Waals surface area contributed by atoms with E-state index >= 15 is 0 Å². The predicted octanol–water partition coefficient (Wildman–Crippen LogP) is 3.07. The van der Waals surface area contributed by atoms with Gasteiger partial charge in [0.1, 0.15) is 11.7 Å². The average Bonchev–Trinajstić information content (AvgIpc) is 2.39. The third-order valence-electron chi connectivity index (χ3n) is 2.80. The molecule has 0 N–H and O–H groups in total. The van der Waals surface area contributed by atoms with Crippen LogP contribution in [0.5, 0.6) is 0 Å². The summed E-state index contributed by atoms with van der Waals surface area (Å²) in [5, 5.41) is 0.512. The van der Waals surface area contributed by atoms with Crippen molar-refractivity contribution in [3.05, 3.63) is 34.9 Å². The minimum Gasteiger partial charge on any atom is -0.465 e.